The molecule has 0 amide bonds. The molecule has 0 saturated heterocycles. The van der Waals surface area contributed by atoms with Gasteiger partial charge in [-0.15, -0.1) is 0 Å². The van der Waals surface area contributed by atoms with Crippen molar-refractivity contribution in [3.8, 4) is 5.75 Å². The zero-order valence-corrected chi connectivity index (χ0v) is 11.9. The molecule has 0 aliphatic rings. The zero-order chi connectivity index (χ0) is 14.3. The van der Waals surface area contributed by atoms with E-state index in [4.69, 9.17) is 14.8 Å². The molecule has 5 nitrogen and oxygen atoms in total. The number of ether oxygens (including phenoxy) is 1. The molecule has 0 aromatic heterocycles. The lowest BCUT2D eigenvalue weighted by atomic mass is 9.80. The Kier molecular flexibility index (Phi) is 6.87. The second kappa shape index (κ2) is 8.17. The molecule has 1 aromatic rings. The number of hydrogen-bond donors (Lipinski definition) is 2. The Morgan fingerprint density at radius 1 is 1.11 bits per heavy atom. The van der Waals surface area contributed by atoms with Crippen molar-refractivity contribution in [1.29, 1.82) is 0 Å². The highest BCUT2D eigenvalue weighted by Crippen LogP contribution is 2.07. The number of likely N-dealkylation sites (N-methyl/N-ethyl adjacent to an activating group) is 2. The van der Waals surface area contributed by atoms with Gasteiger partial charge in [-0.05, 0) is 38.7 Å². The molecule has 0 radical (unpaired) electrons. The smallest absolute Gasteiger partial charge is 0.488 e. The second-order valence-electron chi connectivity index (χ2n) is 4.90. The Hall–Kier alpha value is -1.08. The highest BCUT2D eigenvalue weighted by atomic mass is 16.5. The molecular weight excluding hydrogens is 243 g/mol. The SMILES string of the molecule is CN(C)CCN(C)CCOc1cccc(B(O)O)c1. The van der Waals surface area contributed by atoms with Gasteiger partial charge in [0.1, 0.15) is 12.4 Å². The molecule has 106 valence electrons. The molecule has 0 spiro atoms. The van der Waals surface area contributed by atoms with Gasteiger partial charge in [0.2, 0.25) is 0 Å². The third-order valence-corrected chi connectivity index (χ3v) is 2.83. The molecule has 0 atom stereocenters. The lowest BCUT2D eigenvalue weighted by molar-refractivity contribution is 0.222. The summed E-state index contributed by atoms with van der Waals surface area (Å²) in [6.45, 7) is 3.42. The van der Waals surface area contributed by atoms with E-state index in [-0.39, 0.29) is 0 Å². The van der Waals surface area contributed by atoms with Crippen LogP contribution in [0.4, 0.5) is 0 Å². The first-order valence-corrected chi connectivity index (χ1v) is 6.41. The van der Waals surface area contributed by atoms with Crippen LogP contribution in [-0.2, 0) is 0 Å². The molecule has 0 aliphatic carbocycles. The maximum Gasteiger partial charge on any atom is 0.488 e. The molecule has 1 aromatic carbocycles. The van der Waals surface area contributed by atoms with Crippen LogP contribution in [0.25, 0.3) is 0 Å². The number of hydrogen-bond acceptors (Lipinski definition) is 5. The highest BCUT2D eigenvalue weighted by Gasteiger charge is 2.11. The van der Waals surface area contributed by atoms with Crippen molar-refractivity contribution in [2.45, 2.75) is 0 Å². The van der Waals surface area contributed by atoms with Crippen molar-refractivity contribution in [2.24, 2.45) is 0 Å². The first-order valence-electron chi connectivity index (χ1n) is 6.41. The second-order valence-corrected chi connectivity index (χ2v) is 4.90. The molecule has 19 heavy (non-hydrogen) atoms. The van der Waals surface area contributed by atoms with Gasteiger partial charge in [0.05, 0.1) is 0 Å². The van der Waals surface area contributed by atoms with Gasteiger partial charge in [-0.2, -0.15) is 0 Å². The molecule has 0 fully saturated rings. The third kappa shape index (κ3) is 6.59. The van der Waals surface area contributed by atoms with Crippen LogP contribution in [0.15, 0.2) is 24.3 Å². The van der Waals surface area contributed by atoms with Crippen molar-refractivity contribution in [1.82, 2.24) is 9.80 Å². The Morgan fingerprint density at radius 3 is 2.47 bits per heavy atom. The van der Waals surface area contributed by atoms with Gasteiger partial charge in [0, 0.05) is 19.6 Å². The summed E-state index contributed by atoms with van der Waals surface area (Å²) < 4.78 is 5.60. The number of benzene rings is 1. The van der Waals surface area contributed by atoms with Crippen LogP contribution in [0.3, 0.4) is 0 Å². The summed E-state index contributed by atoms with van der Waals surface area (Å²) in [7, 11) is 4.71. The molecule has 0 bridgehead atoms. The van der Waals surface area contributed by atoms with Gasteiger partial charge in [-0.1, -0.05) is 12.1 Å². The molecule has 2 N–H and O–H groups in total. The van der Waals surface area contributed by atoms with Crippen LogP contribution in [0, 0.1) is 0 Å². The fourth-order valence-corrected chi connectivity index (χ4v) is 1.57. The molecule has 0 heterocycles. The van der Waals surface area contributed by atoms with Crippen LogP contribution >= 0.6 is 0 Å². The third-order valence-electron chi connectivity index (χ3n) is 2.83. The van der Waals surface area contributed by atoms with Gasteiger partial charge in [-0.3, -0.25) is 0 Å². The Bertz CT molecular complexity index is 375. The van der Waals surface area contributed by atoms with Crippen LogP contribution in [0.1, 0.15) is 0 Å². The molecule has 0 aliphatic heterocycles. The molecular formula is C13H23BN2O3. The van der Waals surface area contributed by atoms with Crippen molar-refractivity contribution in [2.75, 3.05) is 47.4 Å². The molecule has 6 heteroatoms. The van der Waals surface area contributed by atoms with Crippen LogP contribution < -0.4 is 10.2 Å². The van der Waals surface area contributed by atoms with Gasteiger partial charge >= 0.3 is 7.12 Å². The minimum absolute atomic E-state index is 0.443. The monoisotopic (exact) mass is 266 g/mol. The first kappa shape index (κ1) is 16.0. The van der Waals surface area contributed by atoms with E-state index in [1.54, 1.807) is 18.2 Å². The largest absolute Gasteiger partial charge is 0.492 e. The van der Waals surface area contributed by atoms with Gasteiger partial charge < -0.3 is 24.6 Å². The normalized spacial score (nSPS) is 11.1. The topological polar surface area (TPSA) is 56.2 Å². The van der Waals surface area contributed by atoms with Crippen molar-refractivity contribution in [3.63, 3.8) is 0 Å². The first-order chi connectivity index (χ1) is 8.99. The molecule has 1 rings (SSSR count). The van der Waals surface area contributed by atoms with Gasteiger partial charge in [-0.25, -0.2) is 0 Å². The maximum atomic E-state index is 9.07. The summed E-state index contributed by atoms with van der Waals surface area (Å²) in [5.41, 5.74) is 0.443. The van der Waals surface area contributed by atoms with E-state index in [1.807, 2.05) is 6.07 Å². The quantitative estimate of drug-likeness (QED) is 0.606. The van der Waals surface area contributed by atoms with E-state index >= 15 is 0 Å². The van der Waals surface area contributed by atoms with Crippen molar-refractivity contribution in [3.05, 3.63) is 24.3 Å². The van der Waals surface area contributed by atoms with Crippen LogP contribution in [0.2, 0.25) is 0 Å². The van der Waals surface area contributed by atoms with E-state index in [9.17, 15) is 0 Å². The minimum Gasteiger partial charge on any atom is -0.492 e. The summed E-state index contributed by atoms with van der Waals surface area (Å²) in [4.78, 5) is 4.34. The predicted octanol–water partition coefficient (Wildman–Crippen LogP) is -0.761. The Balaban J connectivity index is 2.30. The summed E-state index contributed by atoms with van der Waals surface area (Å²) in [6, 6.07) is 6.86. The summed E-state index contributed by atoms with van der Waals surface area (Å²) in [5, 5.41) is 18.1. The van der Waals surface area contributed by atoms with E-state index in [0.29, 0.717) is 17.8 Å². The zero-order valence-electron chi connectivity index (χ0n) is 11.9. The van der Waals surface area contributed by atoms with Crippen molar-refractivity contribution >= 4 is 12.6 Å². The number of nitrogens with zero attached hydrogens (tertiary/aromatic N) is 2. The fraction of sp³-hybridized carbons (Fsp3) is 0.538. The standard InChI is InChI=1S/C13H23BN2O3/c1-15(2)7-8-16(3)9-10-19-13-6-4-5-12(11-13)14(17)18/h4-6,11,17-18H,7-10H2,1-3H3. The Morgan fingerprint density at radius 2 is 1.84 bits per heavy atom. The maximum absolute atomic E-state index is 9.07. The van der Waals surface area contributed by atoms with Crippen LogP contribution in [0.5, 0.6) is 5.75 Å². The van der Waals surface area contributed by atoms with E-state index in [2.05, 4.69) is 30.9 Å². The lowest BCUT2D eigenvalue weighted by Gasteiger charge is -2.19. The van der Waals surface area contributed by atoms with Crippen LogP contribution in [-0.4, -0.2) is 74.4 Å². The summed E-state index contributed by atoms with van der Waals surface area (Å²) in [6.07, 6.45) is 0. The van der Waals surface area contributed by atoms with Gasteiger partial charge in [0.25, 0.3) is 0 Å². The summed E-state index contributed by atoms with van der Waals surface area (Å²) >= 11 is 0. The lowest BCUT2D eigenvalue weighted by Crippen LogP contribution is -2.32. The number of rotatable bonds is 8. The average Bonchev–Trinajstić information content (AvgIpc) is 2.36. The Labute approximate surface area is 115 Å². The predicted molar refractivity (Wildman–Crippen MR) is 77.8 cm³/mol. The van der Waals surface area contributed by atoms with Gasteiger partial charge in [0.15, 0.2) is 0 Å². The van der Waals surface area contributed by atoms with E-state index in [0.717, 1.165) is 19.6 Å². The molecule has 0 unspecified atom stereocenters. The summed E-state index contributed by atoms with van der Waals surface area (Å²) in [5.74, 6) is 0.659. The minimum atomic E-state index is -1.45. The highest BCUT2D eigenvalue weighted by molar-refractivity contribution is 6.58. The van der Waals surface area contributed by atoms with E-state index < -0.39 is 7.12 Å². The van der Waals surface area contributed by atoms with Crippen molar-refractivity contribution < 1.29 is 14.8 Å². The van der Waals surface area contributed by atoms with E-state index in [1.165, 1.54) is 0 Å². The molecule has 0 saturated carbocycles. The fourth-order valence-electron chi connectivity index (χ4n) is 1.57. The average molecular weight is 266 g/mol.